The first kappa shape index (κ1) is 18.8. The van der Waals surface area contributed by atoms with Crippen LogP contribution in [-0.2, 0) is 9.84 Å². The second kappa shape index (κ2) is 6.83. The van der Waals surface area contributed by atoms with Crippen LogP contribution < -0.4 is 5.56 Å². The third-order valence-corrected chi connectivity index (χ3v) is 6.17. The van der Waals surface area contributed by atoms with E-state index in [0.29, 0.717) is 5.02 Å². The van der Waals surface area contributed by atoms with Crippen LogP contribution in [0.25, 0.3) is 16.9 Å². The highest BCUT2D eigenvalue weighted by atomic mass is 35.5. The summed E-state index contributed by atoms with van der Waals surface area (Å²) in [5, 5.41) is 13.4. The second-order valence-electron chi connectivity index (χ2n) is 6.00. The summed E-state index contributed by atoms with van der Waals surface area (Å²) in [6.45, 7) is 0. The van der Waals surface area contributed by atoms with Gasteiger partial charge in [0.05, 0.1) is 32.5 Å². The Morgan fingerprint density at radius 3 is 2.45 bits per heavy atom. The molecule has 0 atom stereocenters. The zero-order chi connectivity index (χ0) is 20.8. The summed E-state index contributed by atoms with van der Waals surface area (Å²) in [5.41, 5.74) is -0.495. The molecule has 0 fully saturated rings. The molecule has 0 saturated heterocycles. The minimum Gasteiger partial charge on any atom is -0.478 e. The molecule has 0 aliphatic carbocycles. The van der Waals surface area contributed by atoms with E-state index >= 15 is 0 Å². The number of rotatable bonds is 4. The number of nitrogens with one attached hydrogen (secondary N) is 1. The SMILES string of the molecule is O=C(O)c1cnn(-c2nc3cc(S(=O)(=O)c4ccc(Cl)cc4)ccc3c(=O)[nH]2)c1. The molecule has 0 saturated carbocycles. The van der Waals surface area contributed by atoms with E-state index < -0.39 is 21.4 Å². The van der Waals surface area contributed by atoms with Crippen LogP contribution in [0.4, 0.5) is 0 Å². The lowest BCUT2D eigenvalue weighted by molar-refractivity contribution is 0.0697. The number of aromatic amines is 1. The van der Waals surface area contributed by atoms with Crippen molar-refractivity contribution in [1.82, 2.24) is 19.7 Å². The molecule has 0 aliphatic heterocycles. The maximum atomic E-state index is 12.9. The number of carboxylic acid groups (broad SMARTS) is 1. The summed E-state index contributed by atoms with van der Waals surface area (Å²) in [6, 6.07) is 9.66. The molecule has 146 valence electrons. The standard InChI is InChI=1S/C18H11ClN4O5S/c19-11-1-3-12(4-2-11)29(27,28)13-5-6-14-15(7-13)21-18(22-16(14)24)23-9-10(8-20-23)17(25)26/h1-9H,(H,25,26)(H,21,22,24). The van der Waals surface area contributed by atoms with Crippen LogP contribution >= 0.6 is 11.6 Å². The van der Waals surface area contributed by atoms with Crippen LogP contribution in [0.5, 0.6) is 0 Å². The highest BCUT2D eigenvalue weighted by Gasteiger charge is 2.19. The molecule has 4 rings (SSSR count). The maximum Gasteiger partial charge on any atom is 0.338 e. The van der Waals surface area contributed by atoms with Crippen molar-refractivity contribution in [3.8, 4) is 5.95 Å². The number of hydrogen-bond acceptors (Lipinski definition) is 6. The Kier molecular flexibility index (Phi) is 4.44. The fourth-order valence-corrected chi connectivity index (χ4v) is 4.09. The molecule has 0 bridgehead atoms. The third-order valence-electron chi connectivity index (χ3n) is 4.15. The van der Waals surface area contributed by atoms with Crippen LogP contribution in [0.3, 0.4) is 0 Å². The molecule has 2 aromatic heterocycles. The van der Waals surface area contributed by atoms with Crippen molar-refractivity contribution in [1.29, 1.82) is 0 Å². The van der Waals surface area contributed by atoms with Crippen LogP contribution in [0, 0.1) is 0 Å². The quantitative estimate of drug-likeness (QED) is 0.507. The van der Waals surface area contributed by atoms with Gasteiger partial charge < -0.3 is 5.11 Å². The van der Waals surface area contributed by atoms with Crippen LogP contribution in [0.1, 0.15) is 10.4 Å². The Labute approximate surface area is 168 Å². The molecule has 0 radical (unpaired) electrons. The van der Waals surface area contributed by atoms with Crippen molar-refractivity contribution in [2.45, 2.75) is 9.79 Å². The molecule has 0 unspecified atom stereocenters. The van der Waals surface area contributed by atoms with Crippen molar-refractivity contribution in [2.24, 2.45) is 0 Å². The highest BCUT2D eigenvalue weighted by Crippen LogP contribution is 2.24. The smallest absolute Gasteiger partial charge is 0.338 e. The van der Waals surface area contributed by atoms with Gasteiger partial charge in [0, 0.05) is 11.2 Å². The number of H-pyrrole nitrogens is 1. The number of sulfone groups is 1. The maximum absolute atomic E-state index is 12.9. The molecule has 9 nitrogen and oxygen atoms in total. The van der Waals surface area contributed by atoms with Crippen molar-refractivity contribution >= 4 is 38.3 Å². The molecular weight excluding hydrogens is 420 g/mol. The number of benzene rings is 2. The molecule has 29 heavy (non-hydrogen) atoms. The van der Waals surface area contributed by atoms with Crippen LogP contribution in [-0.4, -0.2) is 39.2 Å². The summed E-state index contributed by atoms with van der Waals surface area (Å²) >= 11 is 5.81. The molecule has 0 spiro atoms. The first-order valence-corrected chi connectivity index (χ1v) is 9.95. The molecule has 4 aromatic rings. The second-order valence-corrected chi connectivity index (χ2v) is 8.39. The van der Waals surface area contributed by atoms with Gasteiger partial charge in [0.25, 0.3) is 5.56 Å². The fourth-order valence-electron chi connectivity index (χ4n) is 2.68. The van der Waals surface area contributed by atoms with E-state index in [1.54, 1.807) is 0 Å². The minimum absolute atomic E-state index is 0.0453. The predicted octanol–water partition coefficient (Wildman–Crippen LogP) is 2.29. The number of hydrogen-bond donors (Lipinski definition) is 2. The monoisotopic (exact) mass is 430 g/mol. The molecule has 0 amide bonds. The van der Waals surface area contributed by atoms with Gasteiger partial charge >= 0.3 is 5.97 Å². The van der Waals surface area contributed by atoms with E-state index in [9.17, 15) is 18.0 Å². The number of carbonyl (C=O) groups is 1. The molecular formula is C18H11ClN4O5S. The van der Waals surface area contributed by atoms with Crippen molar-refractivity contribution in [2.75, 3.05) is 0 Å². The van der Waals surface area contributed by atoms with E-state index in [1.165, 1.54) is 48.7 Å². The van der Waals surface area contributed by atoms with Crippen LogP contribution in [0.2, 0.25) is 5.02 Å². The summed E-state index contributed by atoms with van der Waals surface area (Å²) in [6.07, 6.45) is 2.29. The third kappa shape index (κ3) is 3.39. The van der Waals surface area contributed by atoms with Gasteiger partial charge in [-0.25, -0.2) is 22.9 Å². The minimum atomic E-state index is -3.86. The fraction of sp³-hybridized carbons (Fsp3) is 0. The molecule has 2 N–H and O–H groups in total. The zero-order valence-corrected chi connectivity index (χ0v) is 16.0. The lowest BCUT2D eigenvalue weighted by Crippen LogP contribution is -2.14. The number of nitrogens with zero attached hydrogens (tertiary/aromatic N) is 3. The van der Waals surface area contributed by atoms with Gasteiger partial charge in [-0.05, 0) is 42.5 Å². The largest absolute Gasteiger partial charge is 0.478 e. The number of fused-ring (bicyclic) bond motifs is 1. The lowest BCUT2D eigenvalue weighted by Gasteiger charge is -2.07. The topological polar surface area (TPSA) is 135 Å². The number of carboxylic acids is 1. The summed E-state index contributed by atoms with van der Waals surface area (Å²) in [4.78, 5) is 30.1. The van der Waals surface area contributed by atoms with E-state index in [2.05, 4.69) is 15.1 Å². The Balaban J connectivity index is 1.85. The number of halogens is 1. The molecule has 11 heteroatoms. The summed E-state index contributed by atoms with van der Waals surface area (Å²) < 4.78 is 26.8. The van der Waals surface area contributed by atoms with E-state index in [1.807, 2.05) is 0 Å². The normalized spacial score (nSPS) is 11.6. The van der Waals surface area contributed by atoms with Crippen LogP contribution in [0.15, 0.2) is 69.4 Å². The number of aromatic carboxylic acids is 1. The average molecular weight is 431 g/mol. The first-order valence-electron chi connectivity index (χ1n) is 8.09. The Morgan fingerprint density at radius 2 is 1.79 bits per heavy atom. The summed E-state index contributed by atoms with van der Waals surface area (Å²) in [5.74, 6) is -1.23. The highest BCUT2D eigenvalue weighted by molar-refractivity contribution is 7.91. The lowest BCUT2D eigenvalue weighted by atomic mass is 10.2. The molecule has 2 heterocycles. The number of aromatic nitrogens is 4. The predicted molar refractivity (Wildman–Crippen MR) is 103 cm³/mol. The van der Waals surface area contributed by atoms with E-state index in [-0.39, 0.29) is 32.2 Å². The van der Waals surface area contributed by atoms with Gasteiger partial charge in [-0.2, -0.15) is 5.10 Å². The van der Waals surface area contributed by atoms with Crippen molar-refractivity contribution in [3.63, 3.8) is 0 Å². The molecule has 0 aliphatic rings. The zero-order valence-electron chi connectivity index (χ0n) is 14.4. The Morgan fingerprint density at radius 1 is 1.10 bits per heavy atom. The van der Waals surface area contributed by atoms with Gasteiger partial charge in [0.1, 0.15) is 0 Å². The Hall–Kier alpha value is -3.50. The van der Waals surface area contributed by atoms with Gasteiger partial charge in [0.15, 0.2) is 0 Å². The van der Waals surface area contributed by atoms with Gasteiger partial charge in [-0.1, -0.05) is 11.6 Å². The van der Waals surface area contributed by atoms with Crippen molar-refractivity contribution in [3.05, 3.63) is 75.8 Å². The van der Waals surface area contributed by atoms with E-state index in [4.69, 9.17) is 16.7 Å². The van der Waals surface area contributed by atoms with E-state index in [0.717, 1.165) is 10.9 Å². The average Bonchev–Trinajstić information content (AvgIpc) is 3.18. The first-order chi connectivity index (χ1) is 13.8. The Bertz CT molecular complexity index is 1420. The van der Waals surface area contributed by atoms with Gasteiger partial charge in [0.2, 0.25) is 15.8 Å². The van der Waals surface area contributed by atoms with Crippen molar-refractivity contribution < 1.29 is 18.3 Å². The van der Waals surface area contributed by atoms with Gasteiger partial charge in [-0.3, -0.25) is 9.78 Å². The molecule has 2 aromatic carbocycles. The summed E-state index contributed by atoms with van der Waals surface area (Å²) in [7, 11) is -3.86. The van der Waals surface area contributed by atoms with Gasteiger partial charge in [-0.15, -0.1) is 0 Å².